The van der Waals surface area contributed by atoms with Gasteiger partial charge in [0.15, 0.2) is 0 Å². The molecule has 0 aliphatic rings. The van der Waals surface area contributed by atoms with E-state index in [1.54, 1.807) is 0 Å². The molecule has 2 rings (SSSR count). The van der Waals surface area contributed by atoms with Gasteiger partial charge in [-0.2, -0.15) is 0 Å². The van der Waals surface area contributed by atoms with Crippen molar-refractivity contribution < 1.29 is 0 Å². The highest BCUT2D eigenvalue weighted by molar-refractivity contribution is 5.57. The van der Waals surface area contributed by atoms with Gasteiger partial charge in [0.05, 0.1) is 0 Å². The fourth-order valence-corrected chi connectivity index (χ4v) is 1.71. The highest BCUT2D eigenvalue weighted by Gasteiger charge is 2.06. The number of aryl methyl sites for hydroxylation is 1. The Morgan fingerprint density at radius 3 is 2.50 bits per heavy atom. The zero-order valence-corrected chi connectivity index (χ0v) is 10.8. The first-order valence-corrected chi connectivity index (χ1v) is 6.08. The molecule has 0 bridgehead atoms. The van der Waals surface area contributed by atoms with Crippen LogP contribution in [-0.2, 0) is 13.0 Å². The van der Waals surface area contributed by atoms with Crippen molar-refractivity contribution in [2.45, 2.75) is 19.9 Å². The van der Waals surface area contributed by atoms with Crippen LogP contribution in [-0.4, -0.2) is 17.0 Å². The van der Waals surface area contributed by atoms with Crippen molar-refractivity contribution in [2.75, 3.05) is 11.9 Å². The van der Waals surface area contributed by atoms with Crippen molar-refractivity contribution in [1.82, 2.24) is 9.97 Å². The van der Waals surface area contributed by atoms with Crippen molar-refractivity contribution >= 4 is 11.6 Å². The van der Waals surface area contributed by atoms with Crippen LogP contribution >= 0.6 is 0 Å². The second kappa shape index (κ2) is 5.60. The van der Waals surface area contributed by atoms with Gasteiger partial charge < -0.3 is 10.6 Å². The normalized spacial score (nSPS) is 10.4. The first-order valence-electron chi connectivity index (χ1n) is 6.08. The second-order valence-electron chi connectivity index (χ2n) is 4.18. The lowest BCUT2D eigenvalue weighted by molar-refractivity contribution is 0.991. The molecule has 4 nitrogen and oxygen atoms in total. The number of rotatable bonds is 4. The lowest BCUT2D eigenvalue weighted by Gasteiger charge is -2.17. The van der Waals surface area contributed by atoms with Gasteiger partial charge in [-0.1, -0.05) is 19.1 Å². The van der Waals surface area contributed by atoms with Crippen LogP contribution < -0.4 is 10.6 Å². The molecule has 2 aromatic rings. The summed E-state index contributed by atoms with van der Waals surface area (Å²) in [5.41, 5.74) is 8.93. The van der Waals surface area contributed by atoms with E-state index in [4.69, 9.17) is 5.73 Å². The van der Waals surface area contributed by atoms with E-state index in [-0.39, 0.29) is 0 Å². The number of hydrogen-bond donors (Lipinski definition) is 1. The van der Waals surface area contributed by atoms with Gasteiger partial charge in [-0.05, 0) is 29.7 Å². The molecule has 4 heteroatoms. The SMILES string of the molecule is CCc1cnc(N(C)c2cccc(CN)c2)nc1. The topological polar surface area (TPSA) is 55.0 Å². The first kappa shape index (κ1) is 12.5. The van der Waals surface area contributed by atoms with Crippen LogP contribution in [0.2, 0.25) is 0 Å². The summed E-state index contributed by atoms with van der Waals surface area (Å²) in [7, 11) is 1.95. The summed E-state index contributed by atoms with van der Waals surface area (Å²) in [4.78, 5) is 10.7. The Kier molecular flexibility index (Phi) is 3.89. The summed E-state index contributed by atoms with van der Waals surface area (Å²) in [6, 6.07) is 8.08. The molecule has 1 aromatic carbocycles. The molecule has 0 amide bonds. The van der Waals surface area contributed by atoms with E-state index < -0.39 is 0 Å². The first-order chi connectivity index (χ1) is 8.74. The molecule has 2 N–H and O–H groups in total. The molecule has 0 fully saturated rings. The minimum Gasteiger partial charge on any atom is -0.326 e. The van der Waals surface area contributed by atoms with Crippen LogP contribution in [0.3, 0.4) is 0 Å². The molecule has 0 saturated carbocycles. The molecule has 0 radical (unpaired) electrons. The van der Waals surface area contributed by atoms with Gasteiger partial charge in [0.25, 0.3) is 0 Å². The monoisotopic (exact) mass is 242 g/mol. The van der Waals surface area contributed by atoms with Crippen LogP contribution in [0.4, 0.5) is 11.6 Å². The lowest BCUT2D eigenvalue weighted by atomic mass is 10.2. The van der Waals surface area contributed by atoms with Gasteiger partial charge in [0.1, 0.15) is 0 Å². The Morgan fingerprint density at radius 2 is 1.89 bits per heavy atom. The van der Waals surface area contributed by atoms with Gasteiger partial charge in [-0.25, -0.2) is 9.97 Å². The lowest BCUT2D eigenvalue weighted by Crippen LogP contribution is -2.13. The summed E-state index contributed by atoms with van der Waals surface area (Å²) in [6.45, 7) is 2.63. The second-order valence-corrected chi connectivity index (χ2v) is 4.18. The average molecular weight is 242 g/mol. The highest BCUT2D eigenvalue weighted by atomic mass is 15.2. The predicted molar refractivity (Wildman–Crippen MR) is 73.8 cm³/mol. The van der Waals surface area contributed by atoms with E-state index >= 15 is 0 Å². The summed E-state index contributed by atoms with van der Waals surface area (Å²) >= 11 is 0. The molecule has 0 saturated heterocycles. The van der Waals surface area contributed by atoms with Crippen molar-refractivity contribution in [3.63, 3.8) is 0 Å². The number of nitrogens with two attached hydrogens (primary N) is 1. The van der Waals surface area contributed by atoms with E-state index in [0.29, 0.717) is 12.5 Å². The summed E-state index contributed by atoms with van der Waals surface area (Å²) < 4.78 is 0. The van der Waals surface area contributed by atoms with Crippen molar-refractivity contribution in [1.29, 1.82) is 0 Å². The Bertz CT molecular complexity index is 507. The molecular weight excluding hydrogens is 224 g/mol. The van der Waals surface area contributed by atoms with Crippen LogP contribution in [0.1, 0.15) is 18.1 Å². The fraction of sp³-hybridized carbons (Fsp3) is 0.286. The zero-order valence-electron chi connectivity index (χ0n) is 10.8. The molecule has 18 heavy (non-hydrogen) atoms. The third-order valence-electron chi connectivity index (χ3n) is 2.93. The third-order valence-corrected chi connectivity index (χ3v) is 2.93. The van der Waals surface area contributed by atoms with Crippen molar-refractivity contribution in [2.24, 2.45) is 5.73 Å². The van der Waals surface area contributed by atoms with Crippen LogP contribution in [0, 0.1) is 0 Å². The van der Waals surface area contributed by atoms with E-state index in [9.17, 15) is 0 Å². The minimum absolute atomic E-state index is 0.539. The van der Waals surface area contributed by atoms with Gasteiger partial charge in [0, 0.05) is 31.7 Å². The summed E-state index contributed by atoms with van der Waals surface area (Å²) in [5, 5.41) is 0. The number of hydrogen-bond acceptors (Lipinski definition) is 4. The number of nitrogens with zero attached hydrogens (tertiary/aromatic N) is 3. The molecule has 0 unspecified atom stereocenters. The predicted octanol–water partition coefficient (Wildman–Crippen LogP) is 2.27. The molecule has 94 valence electrons. The minimum atomic E-state index is 0.539. The molecular formula is C14H18N4. The van der Waals surface area contributed by atoms with Crippen molar-refractivity contribution in [3.05, 3.63) is 47.8 Å². The van der Waals surface area contributed by atoms with Gasteiger partial charge >= 0.3 is 0 Å². The maximum absolute atomic E-state index is 5.65. The molecule has 0 aliphatic heterocycles. The number of benzene rings is 1. The molecule has 1 heterocycles. The maximum atomic E-state index is 5.65. The Balaban J connectivity index is 2.25. The number of aromatic nitrogens is 2. The Morgan fingerprint density at radius 1 is 1.17 bits per heavy atom. The molecule has 1 aromatic heterocycles. The Labute approximate surface area is 107 Å². The Hall–Kier alpha value is -1.94. The third kappa shape index (κ3) is 2.65. The highest BCUT2D eigenvalue weighted by Crippen LogP contribution is 2.20. The maximum Gasteiger partial charge on any atom is 0.229 e. The van der Waals surface area contributed by atoms with Gasteiger partial charge in [-0.15, -0.1) is 0 Å². The standard InChI is InChI=1S/C14H18N4/c1-3-11-9-16-14(17-10-11)18(2)13-6-4-5-12(7-13)8-15/h4-7,9-10H,3,8,15H2,1-2H3. The van der Waals surface area contributed by atoms with Crippen LogP contribution in [0.5, 0.6) is 0 Å². The molecule has 0 aliphatic carbocycles. The number of anilines is 2. The van der Waals surface area contributed by atoms with E-state index in [2.05, 4.69) is 23.0 Å². The van der Waals surface area contributed by atoms with E-state index in [1.807, 2.05) is 42.5 Å². The van der Waals surface area contributed by atoms with Crippen molar-refractivity contribution in [3.8, 4) is 0 Å². The molecule has 0 spiro atoms. The van der Waals surface area contributed by atoms with Gasteiger partial charge in [-0.3, -0.25) is 0 Å². The quantitative estimate of drug-likeness (QED) is 0.893. The van der Waals surface area contributed by atoms with Crippen LogP contribution in [0.25, 0.3) is 0 Å². The summed E-state index contributed by atoms with van der Waals surface area (Å²) in [5.74, 6) is 0.696. The summed E-state index contributed by atoms with van der Waals surface area (Å²) in [6.07, 6.45) is 4.68. The van der Waals surface area contributed by atoms with Gasteiger partial charge in [0.2, 0.25) is 5.95 Å². The van der Waals surface area contributed by atoms with E-state index in [1.165, 1.54) is 0 Å². The van der Waals surface area contributed by atoms with Crippen LogP contribution in [0.15, 0.2) is 36.7 Å². The smallest absolute Gasteiger partial charge is 0.229 e. The zero-order chi connectivity index (χ0) is 13.0. The average Bonchev–Trinajstić information content (AvgIpc) is 2.46. The molecule has 0 atom stereocenters. The van der Waals surface area contributed by atoms with E-state index in [0.717, 1.165) is 23.2 Å². The largest absolute Gasteiger partial charge is 0.326 e. The fourth-order valence-electron chi connectivity index (χ4n) is 1.71.